The lowest BCUT2D eigenvalue weighted by molar-refractivity contribution is -0.118. The molecule has 0 spiro atoms. The highest BCUT2D eigenvalue weighted by Crippen LogP contribution is 2.45. The Balaban J connectivity index is 1.91. The second-order valence-corrected chi connectivity index (χ2v) is 7.23. The van der Waals surface area contributed by atoms with Gasteiger partial charge in [0, 0.05) is 17.7 Å². The Kier molecular flexibility index (Phi) is 2.60. The Morgan fingerprint density at radius 1 is 1.43 bits per heavy atom. The number of nitrogens with zero attached hydrogens (tertiary/aromatic N) is 3. The zero-order valence-corrected chi connectivity index (χ0v) is 12.8. The summed E-state index contributed by atoms with van der Waals surface area (Å²) in [5, 5.41) is 11.7. The van der Waals surface area contributed by atoms with E-state index in [2.05, 4.69) is 40.7 Å². The Bertz CT molecular complexity index is 742. The van der Waals surface area contributed by atoms with Crippen molar-refractivity contribution in [1.82, 2.24) is 14.8 Å². The second kappa shape index (κ2) is 4.27. The van der Waals surface area contributed by atoms with Crippen LogP contribution in [0.4, 0.5) is 5.95 Å². The summed E-state index contributed by atoms with van der Waals surface area (Å²) in [5.41, 5.74) is 2.96. The number of fused-ring (bicyclic) bond motifs is 1. The molecule has 1 atom stereocenters. The van der Waals surface area contributed by atoms with E-state index in [9.17, 15) is 4.79 Å². The van der Waals surface area contributed by atoms with Crippen molar-refractivity contribution in [3.63, 3.8) is 0 Å². The molecule has 0 saturated carbocycles. The molecule has 0 saturated heterocycles. The van der Waals surface area contributed by atoms with Crippen molar-refractivity contribution in [3.05, 3.63) is 40.0 Å². The summed E-state index contributed by atoms with van der Waals surface area (Å²) in [7, 11) is 0. The van der Waals surface area contributed by atoms with E-state index in [-0.39, 0.29) is 17.2 Å². The predicted octanol–water partition coefficient (Wildman–Crippen LogP) is 3.00. The van der Waals surface area contributed by atoms with Gasteiger partial charge in [0.25, 0.3) is 0 Å². The molecule has 1 unspecified atom stereocenters. The molecule has 108 valence electrons. The van der Waals surface area contributed by atoms with Gasteiger partial charge in [0.05, 0.1) is 0 Å². The van der Waals surface area contributed by atoms with Gasteiger partial charge in [0.15, 0.2) is 5.78 Å². The van der Waals surface area contributed by atoms with Gasteiger partial charge in [-0.1, -0.05) is 13.8 Å². The molecule has 1 aliphatic carbocycles. The van der Waals surface area contributed by atoms with Gasteiger partial charge in [0.2, 0.25) is 5.95 Å². The minimum atomic E-state index is -0.145. The number of anilines is 1. The van der Waals surface area contributed by atoms with Crippen LogP contribution < -0.4 is 5.32 Å². The number of carbonyl (C=O) groups is 1. The smallest absolute Gasteiger partial charge is 0.226 e. The molecule has 0 bridgehead atoms. The van der Waals surface area contributed by atoms with E-state index in [1.54, 1.807) is 11.3 Å². The minimum Gasteiger partial charge on any atom is -0.328 e. The lowest BCUT2D eigenvalue weighted by atomic mass is 9.73. The standard InChI is InChI=1S/C15H16N4OS/c1-15(2)5-10-12(11(20)6-15)13(9-3-4-21-7-9)19-14(18-10)16-8-17-19/h3-4,7-8,13H,5-6H2,1-2H3,(H,16,17,18). The van der Waals surface area contributed by atoms with Gasteiger partial charge in [-0.25, -0.2) is 4.68 Å². The van der Waals surface area contributed by atoms with Gasteiger partial charge < -0.3 is 5.32 Å². The first-order valence-electron chi connectivity index (χ1n) is 7.00. The molecular weight excluding hydrogens is 284 g/mol. The van der Waals surface area contributed by atoms with Gasteiger partial charge >= 0.3 is 0 Å². The fourth-order valence-electron chi connectivity index (χ4n) is 3.29. The van der Waals surface area contributed by atoms with Crippen LogP contribution in [0.1, 0.15) is 38.3 Å². The van der Waals surface area contributed by atoms with E-state index in [0.717, 1.165) is 29.2 Å². The van der Waals surface area contributed by atoms with Crippen molar-refractivity contribution in [2.75, 3.05) is 5.32 Å². The molecule has 21 heavy (non-hydrogen) atoms. The molecule has 4 rings (SSSR count). The van der Waals surface area contributed by atoms with Crippen LogP contribution >= 0.6 is 11.3 Å². The average molecular weight is 300 g/mol. The van der Waals surface area contributed by atoms with Gasteiger partial charge in [-0.15, -0.1) is 0 Å². The fourth-order valence-corrected chi connectivity index (χ4v) is 3.97. The normalized spacial score (nSPS) is 23.5. The number of aromatic nitrogens is 3. The molecule has 0 radical (unpaired) electrons. The molecule has 3 heterocycles. The van der Waals surface area contributed by atoms with Crippen molar-refractivity contribution < 1.29 is 4.79 Å². The van der Waals surface area contributed by atoms with Crippen LogP contribution in [0.25, 0.3) is 0 Å². The number of hydrogen-bond donors (Lipinski definition) is 1. The molecule has 1 N–H and O–H groups in total. The quantitative estimate of drug-likeness (QED) is 0.879. The molecule has 1 aliphatic heterocycles. The Labute approximate surface area is 126 Å². The predicted molar refractivity (Wildman–Crippen MR) is 81.2 cm³/mol. The molecule has 2 aliphatic rings. The summed E-state index contributed by atoms with van der Waals surface area (Å²) in [6.07, 6.45) is 2.98. The molecule has 5 nitrogen and oxygen atoms in total. The first-order valence-corrected chi connectivity index (χ1v) is 7.94. The van der Waals surface area contributed by atoms with E-state index in [1.807, 2.05) is 10.1 Å². The number of rotatable bonds is 1. The Morgan fingerprint density at radius 2 is 2.29 bits per heavy atom. The van der Waals surface area contributed by atoms with Gasteiger partial charge in [-0.3, -0.25) is 4.79 Å². The van der Waals surface area contributed by atoms with Crippen molar-refractivity contribution in [3.8, 4) is 0 Å². The van der Waals surface area contributed by atoms with Crippen molar-refractivity contribution in [2.24, 2.45) is 5.41 Å². The van der Waals surface area contributed by atoms with E-state index >= 15 is 0 Å². The molecule has 0 amide bonds. The summed E-state index contributed by atoms with van der Waals surface area (Å²) < 4.78 is 1.82. The molecular formula is C15H16N4OS. The van der Waals surface area contributed by atoms with Crippen LogP contribution in [0.5, 0.6) is 0 Å². The summed E-state index contributed by atoms with van der Waals surface area (Å²) in [5.74, 6) is 0.932. The lowest BCUT2D eigenvalue weighted by Crippen LogP contribution is -2.36. The van der Waals surface area contributed by atoms with Crippen molar-refractivity contribution in [1.29, 1.82) is 0 Å². The lowest BCUT2D eigenvalue weighted by Gasteiger charge is -2.37. The van der Waals surface area contributed by atoms with Crippen LogP contribution in [0.15, 0.2) is 34.4 Å². The highest BCUT2D eigenvalue weighted by atomic mass is 32.1. The van der Waals surface area contributed by atoms with Gasteiger partial charge in [-0.2, -0.15) is 21.4 Å². The molecule has 2 aromatic heterocycles. The summed E-state index contributed by atoms with van der Waals surface area (Å²) >= 11 is 1.64. The number of ketones is 1. The van der Waals surface area contributed by atoms with E-state index < -0.39 is 0 Å². The summed E-state index contributed by atoms with van der Waals surface area (Å²) in [6.45, 7) is 4.27. The first-order chi connectivity index (χ1) is 10.1. The number of thiophene rings is 1. The zero-order valence-electron chi connectivity index (χ0n) is 12.0. The van der Waals surface area contributed by atoms with Gasteiger partial charge in [0.1, 0.15) is 12.4 Å². The topological polar surface area (TPSA) is 59.8 Å². The van der Waals surface area contributed by atoms with Crippen LogP contribution in [0.2, 0.25) is 0 Å². The Hall–Kier alpha value is -1.95. The minimum absolute atomic E-state index is 0.00962. The van der Waals surface area contributed by atoms with Crippen LogP contribution in [0.3, 0.4) is 0 Å². The first kappa shape index (κ1) is 12.8. The number of Topliss-reactive ketones (excluding diaryl/α,β-unsaturated/α-hetero) is 1. The van der Waals surface area contributed by atoms with Crippen LogP contribution in [-0.2, 0) is 4.79 Å². The van der Waals surface area contributed by atoms with E-state index in [4.69, 9.17) is 0 Å². The van der Waals surface area contributed by atoms with E-state index in [1.165, 1.54) is 6.33 Å². The zero-order chi connectivity index (χ0) is 14.6. The maximum Gasteiger partial charge on any atom is 0.226 e. The van der Waals surface area contributed by atoms with E-state index in [0.29, 0.717) is 6.42 Å². The Morgan fingerprint density at radius 3 is 3.05 bits per heavy atom. The van der Waals surface area contributed by atoms with Gasteiger partial charge in [-0.05, 0) is 34.2 Å². The molecule has 6 heteroatoms. The third-order valence-corrected chi connectivity index (χ3v) is 4.83. The molecule has 0 aromatic carbocycles. The van der Waals surface area contributed by atoms with Crippen molar-refractivity contribution in [2.45, 2.75) is 32.7 Å². The SMILES string of the molecule is CC1(C)CC(=O)C2=C(C1)Nc1ncnn1C2c1ccsc1. The third kappa shape index (κ3) is 1.93. The number of nitrogens with one attached hydrogen (secondary N) is 1. The summed E-state index contributed by atoms with van der Waals surface area (Å²) in [6, 6.07) is 1.91. The number of hydrogen-bond acceptors (Lipinski definition) is 5. The molecule has 0 fully saturated rings. The highest BCUT2D eigenvalue weighted by molar-refractivity contribution is 7.08. The van der Waals surface area contributed by atoms with Crippen LogP contribution in [0, 0.1) is 5.41 Å². The maximum atomic E-state index is 12.7. The summed E-state index contributed by atoms with van der Waals surface area (Å²) in [4.78, 5) is 17.0. The monoisotopic (exact) mass is 300 g/mol. The largest absolute Gasteiger partial charge is 0.328 e. The number of allylic oxidation sites excluding steroid dienone is 2. The fraction of sp³-hybridized carbons (Fsp3) is 0.400. The maximum absolute atomic E-state index is 12.7. The van der Waals surface area contributed by atoms with Crippen LogP contribution in [-0.4, -0.2) is 20.5 Å². The average Bonchev–Trinajstić information content (AvgIpc) is 3.05. The highest BCUT2D eigenvalue weighted by Gasteiger charge is 2.41. The third-order valence-electron chi connectivity index (χ3n) is 4.13. The second-order valence-electron chi connectivity index (χ2n) is 6.45. The molecule has 2 aromatic rings. The van der Waals surface area contributed by atoms with Crippen molar-refractivity contribution >= 4 is 23.1 Å². The number of carbonyl (C=O) groups excluding carboxylic acids is 1.